The summed E-state index contributed by atoms with van der Waals surface area (Å²) in [6, 6.07) is 17.8. The highest BCUT2D eigenvalue weighted by molar-refractivity contribution is 5.34. The number of benzene rings is 2. The van der Waals surface area contributed by atoms with Gasteiger partial charge < -0.3 is 4.74 Å². The van der Waals surface area contributed by atoms with Crippen LogP contribution in [0.3, 0.4) is 0 Å². The van der Waals surface area contributed by atoms with Gasteiger partial charge in [-0.05, 0) is 42.7 Å². The molecule has 0 amide bonds. The van der Waals surface area contributed by atoms with Crippen molar-refractivity contribution in [1.29, 1.82) is 0 Å². The molecule has 1 unspecified atom stereocenters. The Bertz CT molecular complexity index is 429. The highest BCUT2D eigenvalue weighted by Crippen LogP contribution is 2.23. The van der Waals surface area contributed by atoms with Crippen LogP contribution in [0, 0.1) is 6.92 Å². The molecule has 0 spiro atoms. The first-order valence-corrected chi connectivity index (χ1v) is 5.41. The first-order chi connectivity index (χ1) is 7.75. The second-order valence-corrected chi connectivity index (χ2v) is 3.89. The summed E-state index contributed by atoms with van der Waals surface area (Å²) >= 11 is 0. The average molecular weight is 211 g/mol. The van der Waals surface area contributed by atoms with E-state index < -0.39 is 0 Å². The third-order valence-electron chi connectivity index (χ3n) is 2.43. The lowest BCUT2D eigenvalue weighted by Crippen LogP contribution is -1.88. The Labute approximate surface area is 96.7 Å². The summed E-state index contributed by atoms with van der Waals surface area (Å²) < 4.78 is 5.69. The van der Waals surface area contributed by atoms with Crippen molar-refractivity contribution in [2.24, 2.45) is 0 Å². The average Bonchev–Trinajstić information content (AvgIpc) is 2.31. The van der Waals surface area contributed by atoms with Gasteiger partial charge in [-0.15, -0.1) is 0 Å². The molecule has 81 valence electrons. The van der Waals surface area contributed by atoms with E-state index in [2.05, 4.69) is 26.0 Å². The molecule has 0 saturated heterocycles. The van der Waals surface area contributed by atoms with Crippen LogP contribution in [0.15, 0.2) is 54.6 Å². The van der Waals surface area contributed by atoms with Crippen LogP contribution < -0.4 is 4.74 Å². The maximum atomic E-state index is 5.69. The number of hydrogen-bond acceptors (Lipinski definition) is 1. The summed E-state index contributed by atoms with van der Waals surface area (Å²) in [5.41, 5.74) is 1.22. The van der Waals surface area contributed by atoms with E-state index >= 15 is 0 Å². The molecule has 2 aromatic carbocycles. The van der Waals surface area contributed by atoms with Gasteiger partial charge in [0.05, 0.1) is 0 Å². The molecular formula is C15H15O. The van der Waals surface area contributed by atoms with Gasteiger partial charge in [0, 0.05) is 0 Å². The Morgan fingerprint density at radius 1 is 0.875 bits per heavy atom. The largest absolute Gasteiger partial charge is 0.457 e. The van der Waals surface area contributed by atoms with Gasteiger partial charge in [0.1, 0.15) is 11.5 Å². The fraction of sp³-hybridized carbons (Fsp3) is 0.133. The fourth-order valence-corrected chi connectivity index (χ4v) is 1.49. The molecule has 1 heteroatoms. The minimum absolute atomic E-state index is 0.311. The maximum absolute atomic E-state index is 5.69. The lowest BCUT2D eigenvalue weighted by molar-refractivity contribution is 0.482. The van der Waals surface area contributed by atoms with Crippen molar-refractivity contribution in [3.8, 4) is 11.5 Å². The fourth-order valence-electron chi connectivity index (χ4n) is 1.49. The van der Waals surface area contributed by atoms with Gasteiger partial charge in [-0.2, -0.15) is 0 Å². The lowest BCUT2D eigenvalue weighted by Gasteiger charge is -2.08. The summed E-state index contributed by atoms with van der Waals surface area (Å²) in [7, 11) is 0. The molecule has 0 aliphatic heterocycles. The summed E-state index contributed by atoms with van der Waals surface area (Å²) in [5.74, 6) is 2.03. The molecule has 0 saturated carbocycles. The van der Waals surface area contributed by atoms with Gasteiger partial charge in [-0.25, -0.2) is 0 Å². The number of ether oxygens (including phenoxy) is 1. The van der Waals surface area contributed by atoms with Crippen molar-refractivity contribution in [2.45, 2.75) is 12.8 Å². The molecule has 0 bridgehead atoms. The Balaban J connectivity index is 2.11. The first-order valence-electron chi connectivity index (χ1n) is 5.41. The van der Waals surface area contributed by atoms with Crippen LogP contribution >= 0.6 is 0 Å². The van der Waals surface area contributed by atoms with Gasteiger partial charge in [0.25, 0.3) is 0 Å². The molecule has 2 rings (SSSR count). The van der Waals surface area contributed by atoms with Crippen molar-refractivity contribution in [3.63, 3.8) is 0 Å². The van der Waals surface area contributed by atoms with Gasteiger partial charge in [-0.3, -0.25) is 0 Å². The van der Waals surface area contributed by atoms with Crippen LogP contribution in [0.5, 0.6) is 11.5 Å². The monoisotopic (exact) mass is 211 g/mol. The quantitative estimate of drug-likeness (QED) is 0.730. The molecule has 0 aliphatic rings. The highest BCUT2D eigenvalue weighted by atomic mass is 16.5. The Morgan fingerprint density at radius 3 is 2.00 bits per heavy atom. The minimum atomic E-state index is 0.311. The van der Waals surface area contributed by atoms with Crippen LogP contribution in [-0.2, 0) is 0 Å². The van der Waals surface area contributed by atoms with E-state index in [9.17, 15) is 0 Å². The second kappa shape index (κ2) is 4.84. The van der Waals surface area contributed by atoms with Crippen molar-refractivity contribution in [1.82, 2.24) is 0 Å². The summed E-state index contributed by atoms with van der Waals surface area (Å²) in [5, 5.41) is 0. The molecule has 1 atom stereocenters. The van der Waals surface area contributed by atoms with Crippen LogP contribution in [0.1, 0.15) is 18.4 Å². The van der Waals surface area contributed by atoms with E-state index in [0.29, 0.717) is 5.92 Å². The molecule has 0 N–H and O–H groups in total. The lowest BCUT2D eigenvalue weighted by atomic mass is 10.0. The van der Waals surface area contributed by atoms with Gasteiger partial charge in [0.15, 0.2) is 0 Å². The van der Waals surface area contributed by atoms with Gasteiger partial charge >= 0.3 is 0 Å². The van der Waals surface area contributed by atoms with E-state index in [0.717, 1.165) is 11.5 Å². The van der Waals surface area contributed by atoms with Crippen molar-refractivity contribution >= 4 is 0 Å². The molecule has 1 radical (unpaired) electrons. The maximum Gasteiger partial charge on any atom is 0.127 e. The Kier molecular flexibility index (Phi) is 3.25. The van der Waals surface area contributed by atoms with Crippen molar-refractivity contribution in [2.75, 3.05) is 0 Å². The third kappa shape index (κ3) is 2.63. The minimum Gasteiger partial charge on any atom is -0.457 e. The van der Waals surface area contributed by atoms with E-state index in [1.165, 1.54) is 5.56 Å². The van der Waals surface area contributed by atoms with Crippen LogP contribution in [0.2, 0.25) is 0 Å². The topological polar surface area (TPSA) is 9.23 Å². The van der Waals surface area contributed by atoms with E-state index in [4.69, 9.17) is 4.74 Å². The molecule has 0 aromatic heterocycles. The summed E-state index contributed by atoms with van der Waals surface area (Å²) in [6.07, 6.45) is 0. The van der Waals surface area contributed by atoms with Crippen molar-refractivity contribution < 1.29 is 4.74 Å². The van der Waals surface area contributed by atoms with Crippen LogP contribution in [0.4, 0.5) is 0 Å². The molecule has 1 nitrogen and oxygen atoms in total. The third-order valence-corrected chi connectivity index (χ3v) is 2.43. The van der Waals surface area contributed by atoms with Crippen molar-refractivity contribution in [3.05, 3.63) is 67.1 Å². The number of rotatable bonds is 3. The summed E-state index contributed by atoms with van der Waals surface area (Å²) in [6.45, 7) is 6.06. The predicted molar refractivity (Wildman–Crippen MR) is 66.7 cm³/mol. The second-order valence-electron chi connectivity index (χ2n) is 3.89. The standard InChI is InChI=1S/C15H15O/c1-12(2)13-8-10-15(11-9-13)16-14-6-4-3-5-7-14/h3-12H,1H2,2H3. The normalized spacial score (nSPS) is 10.4. The predicted octanol–water partition coefficient (Wildman–Crippen LogP) is 4.42. The molecular weight excluding hydrogens is 196 g/mol. The van der Waals surface area contributed by atoms with Gasteiger partial charge in [0.2, 0.25) is 0 Å². The summed E-state index contributed by atoms with van der Waals surface area (Å²) in [4.78, 5) is 0. The zero-order valence-corrected chi connectivity index (χ0v) is 9.39. The molecule has 0 fully saturated rings. The zero-order chi connectivity index (χ0) is 11.4. The smallest absolute Gasteiger partial charge is 0.127 e. The number of para-hydroxylation sites is 1. The van der Waals surface area contributed by atoms with E-state index in [1.54, 1.807) is 0 Å². The zero-order valence-electron chi connectivity index (χ0n) is 9.39. The molecule has 16 heavy (non-hydrogen) atoms. The van der Waals surface area contributed by atoms with Crippen LogP contribution in [0.25, 0.3) is 0 Å². The van der Waals surface area contributed by atoms with E-state index in [-0.39, 0.29) is 0 Å². The van der Waals surface area contributed by atoms with E-state index in [1.807, 2.05) is 42.5 Å². The van der Waals surface area contributed by atoms with Crippen LogP contribution in [-0.4, -0.2) is 0 Å². The molecule has 2 aromatic rings. The van der Waals surface area contributed by atoms with Gasteiger partial charge in [-0.1, -0.05) is 37.3 Å². The Hall–Kier alpha value is -1.76. The highest BCUT2D eigenvalue weighted by Gasteiger charge is 2.00. The number of hydrogen-bond donors (Lipinski definition) is 0. The molecule has 0 heterocycles. The first kappa shape index (κ1) is 10.7. The molecule has 0 aliphatic carbocycles. The Morgan fingerprint density at radius 2 is 1.44 bits per heavy atom. The SMILES string of the molecule is [CH2]C(C)c1ccc(Oc2ccccc2)cc1.